The molecule has 3 N–H and O–H groups in total. The number of aromatic hydroxyl groups is 1. The Morgan fingerprint density at radius 3 is 2.64 bits per heavy atom. The summed E-state index contributed by atoms with van der Waals surface area (Å²) in [5.41, 5.74) is 0.238. The summed E-state index contributed by atoms with van der Waals surface area (Å²) in [7, 11) is 0. The SMILES string of the molecule is O=C(O)CNc1ccc(Cl)c(Cl)c1O. The minimum atomic E-state index is -1.03. The van der Waals surface area contributed by atoms with E-state index in [1.54, 1.807) is 0 Å². The average molecular weight is 236 g/mol. The van der Waals surface area contributed by atoms with Crippen molar-refractivity contribution in [1.82, 2.24) is 0 Å². The first kappa shape index (κ1) is 10.9. The van der Waals surface area contributed by atoms with Crippen molar-refractivity contribution in [3.63, 3.8) is 0 Å². The number of rotatable bonds is 3. The van der Waals surface area contributed by atoms with Crippen LogP contribution >= 0.6 is 23.2 Å². The lowest BCUT2D eigenvalue weighted by atomic mass is 10.3. The zero-order chi connectivity index (χ0) is 10.7. The Balaban J connectivity index is 2.88. The van der Waals surface area contributed by atoms with Crippen LogP contribution in [0.4, 0.5) is 5.69 Å². The molecule has 0 atom stereocenters. The van der Waals surface area contributed by atoms with Gasteiger partial charge in [0.1, 0.15) is 11.6 Å². The summed E-state index contributed by atoms with van der Waals surface area (Å²) in [5.74, 6) is -1.28. The highest BCUT2D eigenvalue weighted by Gasteiger charge is 2.09. The maximum Gasteiger partial charge on any atom is 0.322 e. The maximum absolute atomic E-state index is 10.2. The van der Waals surface area contributed by atoms with E-state index < -0.39 is 5.97 Å². The first-order valence-corrected chi connectivity index (χ1v) is 4.40. The lowest BCUT2D eigenvalue weighted by Crippen LogP contribution is -2.12. The molecular weight excluding hydrogens is 229 g/mol. The summed E-state index contributed by atoms with van der Waals surface area (Å²) in [6, 6.07) is 2.92. The first-order valence-electron chi connectivity index (χ1n) is 3.65. The van der Waals surface area contributed by atoms with Gasteiger partial charge in [-0.25, -0.2) is 0 Å². The molecule has 0 aliphatic heterocycles. The molecule has 0 saturated carbocycles. The van der Waals surface area contributed by atoms with Crippen LogP contribution in [0, 0.1) is 0 Å². The van der Waals surface area contributed by atoms with Gasteiger partial charge < -0.3 is 15.5 Å². The average Bonchev–Trinajstić information content (AvgIpc) is 2.13. The van der Waals surface area contributed by atoms with Gasteiger partial charge in [0.05, 0.1) is 10.7 Å². The normalized spacial score (nSPS) is 9.86. The molecule has 0 radical (unpaired) electrons. The minimum Gasteiger partial charge on any atom is -0.504 e. The lowest BCUT2D eigenvalue weighted by Gasteiger charge is -2.07. The molecule has 0 aromatic heterocycles. The summed E-state index contributed by atoms with van der Waals surface area (Å²) >= 11 is 11.2. The molecule has 0 unspecified atom stereocenters. The monoisotopic (exact) mass is 235 g/mol. The summed E-state index contributed by atoms with van der Waals surface area (Å²) < 4.78 is 0. The fourth-order valence-corrected chi connectivity index (χ4v) is 1.17. The summed E-state index contributed by atoms with van der Waals surface area (Å²) in [5, 5.41) is 20.5. The second-order valence-corrected chi connectivity index (χ2v) is 3.29. The fraction of sp³-hybridized carbons (Fsp3) is 0.125. The third-order valence-electron chi connectivity index (χ3n) is 1.50. The molecule has 76 valence electrons. The Hall–Kier alpha value is -1.13. The number of nitrogens with one attached hydrogen (secondary N) is 1. The van der Waals surface area contributed by atoms with Crippen LogP contribution in [0.2, 0.25) is 10.0 Å². The highest BCUT2D eigenvalue weighted by atomic mass is 35.5. The molecule has 0 amide bonds. The van der Waals surface area contributed by atoms with Gasteiger partial charge in [-0.15, -0.1) is 0 Å². The van der Waals surface area contributed by atoms with Crippen molar-refractivity contribution in [2.45, 2.75) is 0 Å². The van der Waals surface area contributed by atoms with Gasteiger partial charge in [0, 0.05) is 0 Å². The minimum absolute atomic E-state index is 0.00190. The summed E-state index contributed by atoms with van der Waals surface area (Å²) in [6.07, 6.45) is 0. The number of benzene rings is 1. The number of phenolic OH excluding ortho intramolecular Hbond substituents is 1. The molecule has 1 aromatic carbocycles. The molecule has 0 spiro atoms. The molecular formula is C8H7Cl2NO3. The predicted octanol–water partition coefficient (Wildman–Crippen LogP) is 2.20. The smallest absolute Gasteiger partial charge is 0.322 e. The van der Waals surface area contributed by atoms with Crippen LogP contribution in [-0.2, 0) is 4.79 Å². The largest absolute Gasteiger partial charge is 0.504 e. The first-order chi connectivity index (χ1) is 6.52. The Morgan fingerprint density at radius 1 is 1.43 bits per heavy atom. The highest BCUT2D eigenvalue weighted by Crippen LogP contribution is 2.36. The molecule has 0 heterocycles. The van der Waals surface area contributed by atoms with Crippen LogP contribution in [0.1, 0.15) is 0 Å². The van der Waals surface area contributed by atoms with Crippen molar-refractivity contribution in [3.05, 3.63) is 22.2 Å². The van der Waals surface area contributed by atoms with E-state index in [-0.39, 0.29) is 28.0 Å². The molecule has 0 bridgehead atoms. The van der Waals surface area contributed by atoms with Gasteiger partial charge in [-0.05, 0) is 12.1 Å². The Bertz CT molecular complexity index is 368. The van der Waals surface area contributed by atoms with Crippen molar-refractivity contribution in [3.8, 4) is 5.75 Å². The van der Waals surface area contributed by atoms with Crippen LogP contribution < -0.4 is 5.32 Å². The van der Waals surface area contributed by atoms with Crippen LogP contribution in [0.25, 0.3) is 0 Å². The van der Waals surface area contributed by atoms with Crippen molar-refractivity contribution >= 4 is 34.9 Å². The molecule has 0 saturated heterocycles. The summed E-state index contributed by atoms with van der Waals surface area (Å²) in [4.78, 5) is 10.2. The number of carboxylic acids is 1. The Labute approximate surface area is 90.1 Å². The van der Waals surface area contributed by atoms with Crippen molar-refractivity contribution < 1.29 is 15.0 Å². The van der Waals surface area contributed by atoms with Crippen molar-refractivity contribution in [2.75, 3.05) is 11.9 Å². The third-order valence-corrected chi connectivity index (χ3v) is 2.29. The number of anilines is 1. The van der Waals surface area contributed by atoms with Gasteiger partial charge >= 0.3 is 5.97 Å². The van der Waals surface area contributed by atoms with Crippen LogP contribution in [0.15, 0.2) is 12.1 Å². The number of carboxylic acid groups (broad SMARTS) is 1. The van der Waals surface area contributed by atoms with Gasteiger partial charge in [0.15, 0.2) is 5.75 Å². The van der Waals surface area contributed by atoms with Crippen LogP contribution in [-0.4, -0.2) is 22.7 Å². The molecule has 14 heavy (non-hydrogen) atoms. The molecule has 0 aliphatic rings. The van der Waals surface area contributed by atoms with Gasteiger partial charge in [-0.1, -0.05) is 23.2 Å². The van der Waals surface area contributed by atoms with Crippen molar-refractivity contribution in [1.29, 1.82) is 0 Å². The molecule has 1 rings (SSSR count). The maximum atomic E-state index is 10.2. The molecule has 4 nitrogen and oxygen atoms in total. The molecule has 1 aromatic rings. The molecule has 0 fully saturated rings. The second-order valence-electron chi connectivity index (χ2n) is 2.50. The van der Waals surface area contributed by atoms with E-state index in [1.807, 2.05) is 0 Å². The van der Waals surface area contributed by atoms with Crippen LogP contribution in [0.5, 0.6) is 5.75 Å². The van der Waals surface area contributed by atoms with Gasteiger partial charge in [0.2, 0.25) is 0 Å². The topological polar surface area (TPSA) is 69.6 Å². The fourth-order valence-electron chi connectivity index (χ4n) is 0.853. The lowest BCUT2D eigenvalue weighted by molar-refractivity contribution is -0.134. The number of carbonyl (C=O) groups is 1. The van der Waals surface area contributed by atoms with E-state index in [4.69, 9.17) is 28.3 Å². The van der Waals surface area contributed by atoms with E-state index >= 15 is 0 Å². The number of hydrogen-bond acceptors (Lipinski definition) is 3. The summed E-state index contributed by atoms with van der Waals surface area (Å²) in [6.45, 7) is -0.300. The zero-order valence-electron chi connectivity index (χ0n) is 6.92. The number of phenols is 1. The van der Waals surface area contributed by atoms with Gasteiger partial charge in [0.25, 0.3) is 0 Å². The van der Waals surface area contributed by atoms with E-state index in [0.29, 0.717) is 0 Å². The van der Waals surface area contributed by atoms with Crippen LogP contribution in [0.3, 0.4) is 0 Å². The van der Waals surface area contributed by atoms with Crippen molar-refractivity contribution in [2.24, 2.45) is 0 Å². The molecule has 0 aliphatic carbocycles. The van der Waals surface area contributed by atoms with E-state index in [1.165, 1.54) is 12.1 Å². The zero-order valence-corrected chi connectivity index (χ0v) is 8.43. The molecule has 6 heteroatoms. The standard InChI is InChI=1S/C8H7Cl2NO3/c9-4-1-2-5(8(14)7(4)10)11-3-6(12)13/h1-2,11,14H,3H2,(H,12,13). The Kier molecular flexibility index (Phi) is 3.43. The van der Waals surface area contributed by atoms with Gasteiger partial charge in [-0.3, -0.25) is 4.79 Å². The quantitative estimate of drug-likeness (QED) is 0.703. The van der Waals surface area contributed by atoms with E-state index in [9.17, 15) is 9.90 Å². The third kappa shape index (κ3) is 2.43. The number of aliphatic carboxylic acids is 1. The highest BCUT2D eigenvalue weighted by molar-refractivity contribution is 6.43. The second kappa shape index (κ2) is 4.39. The van der Waals surface area contributed by atoms with E-state index in [0.717, 1.165) is 0 Å². The Morgan fingerprint density at radius 2 is 2.07 bits per heavy atom. The number of hydrogen-bond donors (Lipinski definition) is 3. The van der Waals surface area contributed by atoms with E-state index in [2.05, 4.69) is 5.32 Å². The van der Waals surface area contributed by atoms with Gasteiger partial charge in [-0.2, -0.15) is 0 Å². The number of halogens is 2. The predicted molar refractivity (Wildman–Crippen MR) is 54.3 cm³/mol.